The molecule has 0 aromatic carbocycles. The van der Waals surface area contributed by atoms with Crippen LogP contribution in [0, 0.1) is 0 Å². The molecule has 22 heavy (non-hydrogen) atoms. The number of aromatic nitrogens is 4. The van der Waals surface area contributed by atoms with Gasteiger partial charge in [-0.1, -0.05) is 0 Å². The first-order chi connectivity index (χ1) is 10.6. The quantitative estimate of drug-likeness (QED) is 0.836. The number of carbonyl (C=O) groups is 1. The van der Waals surface area contributed by atoms with E-state index in [4.69, 9.17) is 4.74 Å². The molecule has 7 heteroatoms. The lowest BCUT2D eigenvalue weighted by Gasteiger charge is -2.34. The van der Waals surface area contributed by atoms with Gasteiger partial charge >= 0.3 is 0 Å². The summed E-state index contributed by atoms with van der Waals surface area (Å²) in [7, 11) is 3.79. The van der Waals surface area contributed by atoms with E-state index in [1.54, 1.807) is 23.3 Å². The maximum atomic E-state index is 12.8. The van der Waals surface area contributed by atoms with Crippen LogP contribution < -0.4 is 0 Å². The second-order valence-corrected chi connectivity index (χ2v) is 5.57. The molecule has 1 aliphatic rings. The Hall–Kier alpha value is -2.15. The zero-order chi connectivity index (χ0) is 15.7. The highest BCUT2D eigenvalue weighted by molar-refractivity contribution is 5.92. The van der Waals surface area contributed by atoms with E-state index in [-0.39, 0.29) is 11.9 Å². The van der Waals surface area contributed by atoms with E-state index >= 15 is 0 Å². The minimum atomic E-state index is -0.0680. The van der Waals surface area contributed by atoms with Gasteiger partial charge in [-0.2, -0.15) is 5.10 Å². The van der Waals surface area contributed by atoms with Crippen LogP contribution in [-0.4, -0.2) is 49.4 Å². The molecule has 0 aliphatic carbocycles. The number of nitrogens with zero attached hydrogens (tertiary/aromatic N) is 5. The van der Waals surface area contributed by atoms with Gasteiger partial charge in [-0.05, 0) is 13.0 Å². The first-order valence-corrected chi connectivity index (χ1v) is 7.47. The highest BCUT2D eigenvalue weighted by atomic mass is 16.5. The predicted molar refractivity (Wildman–Crippen MR) is 80.3 cm³/mol. The first-order valence-electron chi connectivity index (χ1n) is 7.47. The van der Waals surface area contributed by atoms with Crippen molar-refractivity contribution in [3.8, 4) is 0 Å². The lowest BCUT2D eigenvalue weighted by atomic mass is 10.0. The lowest BCUT2D eigenvalue weighted by Crippen LogP contribution is -2.47. The number of aryl methyl sites for hydroxylation is 2. The van der Waals surface area contributed by atoms with Crippen LogP contribution in [0.4, 0.5) is 0 Å². The van der Waals surface area contributed by atoms with Crippen LogP contribution in [0.25, 0.3) is 0 Å². The van der Waals surface area contributed by atoms with Crippen LogP contribution in [0.5, 0.6) is 0 Å². The molecule has 1 atom stereocenters. The Kier molecular flexibility index (Phi) is 3.98. The summed E-state index contributed by atoms with van der Waals surface area (Å²) in [6.45, 7) is 3.63. The first kappa shape index (κ1) is 14.8. The molecule has 0 N–H and O–H groups in total. The average Bonchev–Trinajstić information content (AvgIpc) is 3.10. The summed E-state index contributed by atoms with van der Waals surface area (Å²) in [4.78, 5) is 19.0. The summed E-state index contributed by atoms with van der Waals surface area (Å²) >= 11 is 0. The van der Waals surface area contributed by atoms with Crippen molar-refractivity contribution in [2.24, 2.45) is 14.1 Å². The normalized spacial score (nSPS) is 17.6. The highest BCUT2D eigenvalue weighted by Crippen LogP contribution is 2.24. The fraction of sp³-hybridized carbons (Fsp3) is 0.533. The van der Waals surface area contributed by atoms with Gasteiger partial charge in [-0.3, -0.25) is 9.48 Å². The SMILES string of the molecule is CCOC[C@@H]1Cc2c(ncn2C)CN1C(=O)c1ccn(C)n1. The van der Waals surface area contributed by atoms with E-state index in [1.807, 2.05) is 30.5 Å². The van der Waals surface area contributed by atoms with Crippen LogP contribution in [0.1, 0.15) is 28.8 Å². The molecule has 2 aromatic heterocycles. The number of rotatable bonds is 4. The van der Waals surface area contributed by atoms with Gasteiger partial charge in [0, 0.05) is 39.0 Å². The molecule has 2 aromatic rings. The topological polar surface area (TPSA) is 65.2 Å². The van der Waals surface area contributed by atoms with Crippen LogP contribution in [0.3, 0.4) is 0 Å². The van der Waals surface area contributed by atoms with Gasteiger partial charge in [0.25, 0.3) is 5.91 Å². The van der Waals surface area contributed by atoms with Crippen molar-refractivity contribution < 1.29 is 9.53 Å². The predicted octanol–water partition coefficient (Wildman–Crippen LogP) is 0.757. The Bertz CT molecular complexity index is 675. The van der Waals surface area contributed by atoms with E-state index in [9.17, 15) is 4.79 Å². The van der Waals surface area contributed by atoms with Gasteiger partial charge in [-0.25, -0.2) is 4.98 Å². The number of ether oxygens (including phenoxy) is 1. The molecule has 1 aliphatic heterocycles. The van der Waals surface area contributed by atoms with E-state index < -0.39 is 0 Å². The van der Waals surface area contributed by atoms with Crippen molar-refractivity contribution in [2.45, 2.75) is 25.9 Å². The summed E-state index contributed by atoms with van der Waals surface area (Å²) in [5.41, 5.74) is 2.60. The number of amides is 1. The van der Waals surface area contributed by atoms with Gasteiger partial charge in [-0.15, -0.1) is 0 Å². The van der Waals surface area contributed by atoms with Gasteiger partial charge in [0.05, 0.1) is 31.2 Å². The fourth-order valence-electron chi connectivity index (χ4n) is 2.84. The molecule has 1 amide bonds. The Labute approximate surface area is 129 Å². The number of hydrogen-bond acceptors (Lipinski definition) is 4. The molecular formula is C15H21N5O2. The Morgan fingerprint density at radius 1 is 1.45 bits per heavy atom. The van der Waals surface area contributed by atoms with Gasteiger partial charge in [0.1, 0.15) is 5.69 Å². The van der Waals surface area contributed by atoms with Crippen LogP contribution in [0.2, 0.25) is 0 Å². The molecule has 0 spiro atoms. The van der Waals surface area contributed by atoms with Gasteiger partial charge < -0.3 is 14.2 Å². The minimum Gasteiger partial charge on any atom is -0.380 e. The molecule has 3 heterocycles. The molecule has 0 unspecified atom stereocenters. The zero-order valence-corrected chi connectivity index (χ0v) is 13.2. The summed E-state index contributed by atoms with van der Waals surface area (Å²) in [6, 6.07) is 1.76. The third-order valence-corrected chi connectivity index (χ3v) is 4.04. The second-order valence-electron chi connectivity index (χ2n) is 5.57. The molecule has 0 bridgehead atoms. The second kappa shape index (κ2) is 5.92. The average molecular weight is 303 g/mol. The summed E-state index contributed by atoms with van der Waals surface area (Å²) in [6.07, 6.45) is 4.34. The van der Waals surface area contributed by atoms with Crippen LogP contribution in [-0.2, 0) is 31.8 Å². The van der Waals surface area contributed by atoms with E-state index in [1.165, 1.54) is 5.69 Å². The zero-order valence-electron chi connectivity index (χ0n) is 13.2. The smallest absolute Gasteiger partial charge is 0.275 e. The number of carbonyl (C=O) groups excluding carboxylic acids is 1. The van der Waals surface area contributed by atoms with Gasteiger partial charge in [0.15, 0.2) is 0 Å². The van der Waals surface area contributed by atoms with Crippen LogP contribution >= 0.6 is 0 Å². The summed E-state index contributed by atoms with van der Waals surface area (Å²) in [5.74, 6) is -0.0680. The number of imidazole rings is 1. The third-order valence-electron chi connectivity index (χ3n) is 4.04. The molecule has 0 saturated carbocycles. The number of hydrogen-bond donors (Lipinski definition) is 0. The fourth-order valence-corrected chi connectivity index (χ4v) is 2.84. The molecule has 118 valence electrons. The van der Waals surface area contributed by atoms with Crippen molar-refractivity contribution in [3.05, 3.63) is 35.7 Å². The van der Waals surface area contributed by atoms with E-state index in [2.05, 4.69) is 10.1 Å². The lowest BCUT2D eigenvalue weighted by molar-refractivity contribution is 0.0382. The Morgan fingerprint density at radius 2 is 2.27 bits per heavy atom. The van der Waals surface area contributed by atoms with Crippen LogP contribution in [0.15, 0.2) is 18.6 Å². The largest absolute Gasteiger partial charge is 0.380 e. The molecular weight excluding hydrogens is 282 g/mol. The molecule has 3 rings (SSSR count). The van der Waals surface area contributed by atoms with Crippen molar-refractivity contribution >= 4 is 5.91 Å². The standard InChI is InChI=1S/C15H21N5O2/c1-4-22-9-11-7-14-13(16-10-18(14)2)8-20(11)15(21)12-5-6-19(3)17-12/h5-6,10-11H,4,7-9H2,1-3H3/t11-/m0/s1. The molecule has 7 nitrogen and oxygen atoms in total. The summed E-state index contributed by atoms with van der Waals surface area (Å²) in [5, 5.41) is 4.22. The van der Waals surface area contributed by atoms with Gasteiger partial charge in [0.2, 0.25) is 0 Å². The van der Waals surface area contributed by atoms with Crippen molar-refractivity contribution in [2.75, 3.05) is 13.2 Å². The molecule has 0 fully saturated rings. The van der Waals surface area contributed by atoms with E-state index in [0.717, 1.165) is 12.1 Å². The van der Waals surface area contributed by atoms with Crippen molar-refractivity contribution in [3.63, 3.8) is 0 Å². The maximum absolute atomic E-state index is 12.8. The number of fused-ring (bicyclic) bond motifs is 1. The minimum absolute atomic E-state index is 0.0114. The Balaban J connectivity index is 1.87. The maximum Gasteiger partial charge on any atom is 0.275 e. The Morgan fingerprint density at radius 3 is 2.95 bits per heavy atom. The van der Waals surface area contributed by atoms with Crippen molar-refractivity contribution in [1.29, 1.82) is 0 Å². The highest BCUT2D eigenvalue weighted by Gasteiger charge is 2.33. The van der Waals surface area contributed by atoms with Crippen molar-refractivity contribution in [1.82, 2.24) is 24.2 Å². The third kappa shape index (κ3) is 2.64. The summed E-state index contributed by atoms with van der Waals surface area (Å²) < 4.78 is 9.24. The molecule has 0 saturated heterocycles. The monoisotopic (exact) mass is 303 g/mol. The molecule has 0 radical (unpaired) electrons. The van der Waals surface area contributed by atoms with E-state index in [0.29, 0.717) is 25.5 Å².